The molecule has 4 rings (SSSR count). The summed E-state index contributed by atoms with van der Waals surface area (Å²) in [6, 6.07) is 0.324. The number of hydrogen-bond donors (Lipinski definition) is 1. The van der Waals surface area contributed by atoms with Gasteiger partial charge in [0.05, 0.1) is 5.01 Å². The number of thiazole rings is 1. The number of likely N-dealkylation sites (tertiary alicyclic amines) is 1. The topological polar surface area (TPSA) is 62.3 Å². The van der Waals surface area contributed by atoms with Gasteiger partial charge in [-0.2, -0.15) is 0 Å². The summed E-state index contributed by atoms with van der Waals surface area (Å²) in [5.41, 5.74) is 0.819. The van der Waals surface area contributed by atoms with Crippen molar-refractivity contribution in [2.75, 3.05) is 13.1 Å². The van der Waals surface area contributed by atoms with Crippen molar-refractivity contribution in [3.63, 3.8) is 0 Å². The quantitative estimate of drug-likeness (QED) is 0.926. The molecule has 3 fully saturated rings. The molecule has 6 heteroatoms. The van der Waals surface area contributed by atoms with Gasteiger partial charge in [-0.15, -0.1) is 11.3 Å². The van der Waals surface area contributed by atoms with Gasteiger partial charge >= 0.3 is 0 Å². The van der Waals surface area contributed by atoms with Gasteiger partial charge in [-0.05, 0) is 44.4 Å². The zero-order chi connectivity index (χ0) is 15.3. The summed E-state index contributed by atoms with van der Waals surface area (Å²) in [4.78, 5) is 30.5. The average molecular weight is 319 g/mol. The van der Waals surface area contributed by atoms with Crippen molar-refractivity contribution in [1.29, 1.82) is 0 Å². The minimum absolute atomic E-state index is 0.0618. The Morgan fingerprint density at radius 1 is 1.41 bits per heavy atom. The van der Waals surface area contributed by atoms with E-state index in [0.29, 0.717) is 11.7 Å². The zero-order valence-corrected chi connectivity index (χ0v) is 13.6. The smallest absolute Gasteiger partial charge is 0.273 e. The molecule has 2 saturated carbocycles. The fourth-order valence-corrected chi connectivity index (χ4v) is 4.40. The Hall–Kier alpha value is -1.43. The summed E-state index contributed by atoms with van der Waals surface area (Å²) in [7, 11) is 0. The summed E-state index contributed by atoms with van der Waals surface area (Å²) in [6.07, 6.45) is 5.20. The third-order valence-electron chi connectivity index (χ3n) is 5.22. The van der Waals surface area contributed by atoms with Crippen LogP contribution in [-0.2, 0) is 4.79 Å². The largest absolute Gasteiger partial charge is 0.353 e. The molecule has 0 atom stereocenters. The highest BCUT2D eigenvalue weighted by molar-refractivity contribution is 7.09. The van der Waals surface area contributed by atoms with Gasteiger partial charge in [0.25, 0.3) is 5.91 Å². The van der Waals surface area contributed by atoms with E-state index in [9.17, 15) is 9.59 Å². The lowest BCUT2D eigenvalue weighted by Gasteiger charge is -2.45. The first-order chi connectivity index (χ1) is 10.5. The van der Waals surface area contributed by atoms with E-state index in [0.717, 1.165) is 50.2 Å². The van der Waals surface area contributed by atoms with Crippen LogP contribution in [0.15, 0.2) is 5.38 Å². The number of rotatable bonds is 3. The van der Waals surface area contributed by atoms with E-state index in [1.165, 1.54) is 11.3 Å². The second kappa shape index (κ2) is 5.05. The van der Waals surface area contributed by atoms with Gasteiger partial charge in [0, 0.05) is 30.4 Å². The fourth-order valence-electron chi connectivity index (χ4n) is 3.82. The van der Waals surface area contributed by atoms with Crippen LogP contribution >= 0.6 is 11.3 Å². The molecular weight excluding hydrogens is 298 g/mol. The van der Waals surface area contributed by atoms with E-state index in [-0.39, 0.29) is 23.1 Å². The number of amides is 2. The van der Waals surface area contributed by atoms with Crippen LogP contribution in [0.25, 0.3) is 0 Å². The summed E-state index contributed by atoms with van der Waals surface area (Å²) in [6.45, 7) is 3.56. The number of hydrogen-bond acceptors (Lipinski definition) is 4. The molecular formula is C16H21N3O2S. The number of nitrogens with zero attached hydrogens (tertiary/aromatic N) is 2. The Balaban J connectivity index is 1.31. The summed E-state index contributed by atoms with van der Waals surface area (Å²) >= 11 is 1.52. The van der Waals surface area contributed by atoms with Crippen molar-refractivity contribution in [1.82, 2.24) is 15.2 Å². The van der Waals surface area contributed by atoms with Crippen LogP contribution in [0.5, 0.6) is 0 Å². The number of carbonyl (C=O) groups excluding carboxylic acids is 2. The van der Waals surface area contributed by atoms with E-state index >= 15 is 0 Å². The molecule has 1 N–H and O–H groups in total. The molecule has 3 aliphatic rings. The van der Waals surface area contributed by atoms with Crippen LogP contribution in [0.3, 0.4) is 0 Å². The zero-order valence-electron chi connectivity index (χ0n) is 12.8. The van der Waals surface area contributed by atoms with Gasteiger partial charge in [-0.25, -0.2) is 4.98 Å². The van der Waals surface area contributed by atoms with Crippen molar-refractivity contribution in [3.8, 4) is 0 Å². The predicted molar refractivity (Wildman–Crippen MR) is 83.7 cm³/mol. The van der Waals surface area contributed by atoms with Gasteiger partial charge in [0.2, 0.25) is 5.91 Å². The van der Waals surface area contributed by atoms with Crippen LogP contribution in [-0.4, -0.2) is 40.8 Å². The van der Waals surface area contributed by atoms with E-state index in [1.807, 2.05) is 17.2 Å². The Bertz CT molecular complexity index is 617. The Labute approximate surface area is 134 Å². The van der Waals surface area contributed by atoms with Crippen molar-refractivity contribution in [3.05, 3.63) is 16.1 Å². The van der Waals surface area contributed by atoms with Gasteiger partial charge in [0.1, 0.15) is 5.69 Å². The average Bonchev–Trinajstić information content (AvgIpc) is 3.08. The maximum absolute atomic E-state index is 12.4. The van der Waals surface area contributed by atoms with Gasteiger partial charge in [0.15, 0.2) is 0 Å². The van der Waals surface area contributed by atoms with Crippen molar-refractivity contribution in [2.45, 2.75) is 45.1 Å². The molecule has 1 saturated heterocycles. The molecule has 0 aromatic carbocycles. The van der Waals surface area contributed by atoms with E-state index in [4.69, 9.17) is 0 Å². The lowest BCUT2D eigenvalue weighted by Crippen LogP contribution is -2.52. The first-order valence-electron chi connectivity index (χ1n) is 8.06. The van der Waals surface area contributed by atoms with Crippen LogP contribution in [0.2, 0.25) is 0 Å². The predicted octanol–water partition coefficient (Wildman–Crippen LogP) is 1.97. The molecule has 118 valence electrons. The van der Waals surface area contributed by atoms with Crippen molar-refractivity contribution < 1.29 is 9.59 Å². The minimum Gasteiger partial charge on any atom is -0.353 e. The monoisotopic (exact) mass is 319 g/mol. The highest BCUT2D eigenvalue weighted by atomic mass is 32.1. The van der Waals surface area contributed by atoms with Gasteiger partial charge in [-0.3, -0.25) is 9.59 Å². The molecule has 2 heterocycles. The summed E-state index contributed by atoms with van der Waals surface area (Å²) < 4.78 is 0. The first kappa shape index (κ1) is 14.2. The molecule has 2 aliphatic carbocycles. The maximum atomic E-state index is 12.4. The molecule has 1 spiro atoms. The van der Waals surface area contributed by atoms with E-state index in [2.05, 4.69) is 10.3 Å². The van der Waals surface area contributed by atoms with Crippen LogP contribution in [0.4, 0.5) is 0 Å². The third-order valence-corrected chi connectivity index (χ3v) is 5.99. The van der Waals surface area contributed by atoms with Crippen LogP contribution in [0.1, 0.15) is 47.6 Å². The van der Waals surface area contributed by atoms with E-state index in [1.54, 1.807) is 0 Å². The molecule has 22 heavy (non-hydrogen) atoms. The molecule has 5 nitrogen and oxygen atoms in total. The molecule has 0 unspecified atom stereocenters. The maximum Gasteiger partial charge on any atom is 0.273 e. The first-order valence-corrected chi connectivity index (χ1v) is 8.94. The Morgan fingerprint density at radius 3 is 2.82 bits per heavy atom. The second-order valence-corrected chi connectivity index (χ2v) is 8.18. The third kappa shape index (κ3) is 2.53. The molecule has 1 aromatic rings. The number of aromatic nitrogens is 1. The van der Waals surface area contributed by atoms with Gasteiger partial charge in [-0.1, -0.05) is 0 Å². The second-order valence-electron chi connectivity index (χ2n) is 7.12. The molecule has 0 radical (unpaired) electrons. The standard InChI is InChI=1S/C16H21N3O2S/c1-10-17-13(8-22-10)15(21)19-5-4-16(9-19)6-12(7-16)18-14(20)11-2-3-11/h8,11-12H,2-7,9H2,1H3,(H,18,20). The molecule has 1 aromatic heterocycles. The summed E-state index contributed by atoms with van der Waals surface area (Å²) in [5.74, 6) is 0.585. The number of carbonyl (C=O) groups is 2. The fraction of sp³-hybridized carbons (Fsp3) is 0.688. The molecule has 1 aliphatic heterocycles. The summed E-state index contributed by atoms with van der Waals surface area (Å²) in [5, 5.41) is 5.94. The van der Waals surface area contributed by atoms with E-state index < -0.39 is 0 Å². The highest BCUT2D eigenvalue weighted by Crippen LogP contribution is 2.48. The van der Waals surface area contributed by atoms with Crippen molar-refractivity contribution >= 4 is 23.2 Å². The molecule has 2 amide bonds. The SMILES string of the molecule is Cc1nc(C(=O)N2CCC3(CC(NC(=O)C4CC4)C3)C2)cs1. The lowest BCUT2D eigenvalue weighted by atomic mass is 9.65. The Morgan fingerprint density at radius 2 is 2.18 bits per heavy atom. The van der Waals surface area contributed by atoms with Gasteiger partial charge < -0.3 is 10.2 Å². The highest BCUT2D eigenvalue weighted by Gasteiger charge is 2.50. The number of nitrogens with one attached hydrogen (secondary N) is 1. The lowest BCUT2D eigenvalue weighted by molar-refractivity contribution is -0.124. The number of aryl methyl sites for hydroxylation is 1. The molecule has 0 bridgehead atoms. The Kier molecular flexibility index (Phi) is 3.25. The minimum atomic E-state index is 0.0618. The van der Waals surface area contributed by atoms with Crippen LogP contribution in [0, 0.1) is 18.3 Å². The van der Waals surface area contributed by atoms with Crippen molar-refractivity contribution in [2.24, 2.45) is 11.3 Å². The van der Waals surface area contributed by atoms with Crippen LogP contribution < -0.4 is 5.32 Å². The normalized spacial score (nSPS) is 30.4.